The van der Waals surface area contributed by atoms with Crippen LogP contribution in [0.2, 0.25) is 0 Å². The van der Waals surface area contributed by atoms with Gasteiger partial charge in [0.15, 0.2) is 6.10 Å². The Hall–Kier alpha value is -1.23. The molecule has 5 heteroatoms. The summed E-state index contributed by atoms with van der Waals surface area (Å²) in [4.78, 5) is 0. The highest BCUT2D eigenvalue weighted by atomic mass is 19.4. The molecule has 0 bridgehead atoms. The van der Waals surface area contributed by atoms with Gasteiger partial charge in [-0.25, -0.2) is 0 Å². The lowest BCUT2D eigenvalue weighted by molar-refractivity contribution is -0.206. The molecular weight excluding hydrogens is 219 g/mol. The Morgan fingerprint density at radius 2 is 2.19 bits per heavy atom. The Bertz CT molecular complexity index is 368. The molecule has 0 aliphatic carbocycles. The van der Waals surface area contributed by atoms with Gasteiger partial charge in [0.05, 0.1) is 0 Å². The first-order valence-electron chi connectivity index (χ1n) is 4.85. The number of hydrogen-bond donors (Lipinski definition) is 1. The largest absolute Gasteiger partial charge is 0.418 e. The fraction of sp³-hybridized carbons (Fsp3) is 0.455. The number of aliphatic hydroxyl groups excluding tert-OH is 1. The van der Waals surface area contributed by atoms with E-state index in [2.05, 4.69) is 6.58 Å². The minimum atomic E-state index is -4.61. The minimum absolute atomic E-state index is 0.130. The number of hydrogen-bond acceptors (Lipinski definition) is 1. The molecule has 1 unspecified atom stereocenters. The first-order valence-corrected chi connectivity index (χ1v) is 4.85. The van der Waals surface area contributed by atoms with Crippen LogP contribution in [-0.4, -0.2) is 15.8 Å². The first-order chi connectivity index (χ1) is 7.30. The molecule has 0 amide bonds. The topological polar surface area (TPSA) is 25.2 Å². The van der Waals surface area contributed by atoms with Gasteiger partial charge >= 0.3 is 6.18 Å². The summed E-state index contributed by atoms with van der Waals surface area (Å²) in [5.74, 6) is 0. The van der Waals surface area contributed by atoms with Crippen molar-refractivity contribution in [2.24, 2.45) is 0 Å². The minimum Gasteiger partial charge on any atom is -0.379 e. The molecule has 0 aromatic carbocycles. The molecule has 0 aliphatic heterocycles. The van der Waals surface area contributed by atoms with E-state index in [-0.39, 0.29) is 5.56 Å². The molecule has 1 atom stereocenters. The number of nitrogens with zero attached hydrogens (tertiary/aromatic N) is 1. The van der Waals surface area contributed by atoms with Crippen LogP contribution in [0.4, 0.5) is 13.2 Å². The van der Waals surface area contributed by atoms with Crippen molar-refractivity contribution in [2.75, 3.05) is 0 Å². The van der Waals surface area contributed by atoms with Gasteiger partial charge in [-0.15, -0.1) is 6.58 Å². The van der Waals surface area contributed by atoms with E-state index in [1.54, 1.807) is 4.57 Å². The number of aromatic nitrogens is 1. The Kier molecular flexibility index (Phi) is 3.80. The summed E-state index contributed by atoms with van der Waals surface area (Å²) in [6.07, 6.45) is -3.48. The molecule has 1 heterocycles. The summed E-state index contributed by atoms with van der Waals surface area (Å²) < 4.78 is 38.2. The second-order valence-corrected chi connectivity index (χ2v) is 3.83. The van der Waals surface area contributed by atoms with Gasteiger partial charge in [-0.2, -0.15) is 13.2 Å². The summed E-state index contributed by atoms with van der Waals surface area (Å²) >= 11 is 0. The molecule has 0 spiro atoms. The monoisotopic (exact) mass is 233 g/mol. The molecule has 1 aromatic heterocycles. The summed E-state index contributed by atoms with van der Waals surface area (Å²) in [5, 5.41) is 8.99. The maximum atomic E-state index is 12.2. The average Bonchev–Trinajstić information content (AvgIpc) is 2.60. The number of rotatable bonds is 4. The van der Waals surface area contributed by atoms with Crippen molar-refractivity contribution in [1.82, 2.24) is 4.57 Å². The van der Waals surface area contributed by atoms with Gasteiger partial charge in [0.2, 0.25) is 0 Å². The molecule has 1 aromatic rings. The SMILES string of the molecule is C=C(C)CCn1ccc(C(O)C(F)(F)F)c1. The van der Waals surface area contributed by atoms with E-state index in [1.807, 2.05) is 6.92 Å². The third-order valence-electron chi connectivity index (χ3n) is 2.20. The standard InChI is InChI=1S/C11H14F3NO/c1-8(2)3-5-15-6-4-9(7-15)10(16)11(12,13)14/h4,6-7,10,16H,1,3,5H2,2H3. The van der Waals surface area contributed by atoms with E-state index in [0.717, 1.165) is 5.57 Å². The lowest BCUT2D eigenvalue weighted by Gasteiger charge is -2.12. The summed E-state index contributed by atoms with van der Waals surface area (Å²) in [6, 6.07) is 1.27. The van der Waals surface area contributed by atoms with Crippen LogP contribution in [0.25, 0.3) is 0 Å². The zero-order valence-electron chi connectivity index (χ0n) is 8.96. The molecule has 2 nitrogen and oxygen atoms in total. The van der Waals surface area contributed by atoms with Gasteiger partial charge in [0, 0.05) is 24.5 Å². The first kappa shape index (κ1) is 12.8. The Labute approximate surface area is 92.0 Å². The third-order valence-corrected chi connectivity index (χ3v) is 2.20. The smallest absolute Gasteiger partial charge is 0.379 e. The second-order valence-electron chi connectivity index (χ2n) is 3.83. The predicted molar refractivity (Wildman–Crippen MR) is 54.9 cm³/mol. The summed E-state index contributed by atoms with van der Waals surface area (Å²) in [6.45, 7) is 6.13. The number of aryl methyl sites for hydroxylation is 1. The fourth-order valence-corrected chi connectivity index (χ4v) is 1.27. The molecule has 0 saturated carbocycles. The van der Waals surface area contributed by atoms with Crippen molar-refractivity contribution in [1.29, 1.82) is 0 Å². The highest BCUT2D eigenvalue weighted by Crippen LogP contribution is 2.32. The van der Waals surface area contributed by atoms with Gasteiger partial charge in [-0.1, -0.05) is 5.57 Å². The van der Waals surface area contributed by atoms with Crippen LogP contribution in [0.15, 0.2) is 30.6 Å². The zero-order chi connectivity index (χ0) is 12.3. The Balaban J connectivity index is 2.68. The van der Waals surface area contributed by atoms with Crippen LogP contribution in [0, 0.1) is 0 Å². The van der Waals surface area contributed by atoms with E-state index < -0.39 is 12.3 Å². The lowest BCUT2D eigenvalue weighted by atomic mass is 10.2. The van der Waals surface area contributed by atoms with E-state index in [1.165, 1.54) is 18.5 Å². The van der Waals surface area contributed by atoms with E-state index in [9.17, 15) is 13.2 Å². The van der Waals surface area contributed by atoms with Gasteiger partial charge in [-0.05, 0) is 19.4 Å². The molecule has 16 heavy (non-hydrogen) atoms. The molecule has 0 fully saturated rings. The maximum absolute atomic E-state index is 12.2. The number of allylic oxidation sites excluding steroid dienone is 1. The second kappa shape index (κ2) is 4.74. The van der Waals surface area contributed by atoms with Crippen molar-refractivity contribution in [3.8, 4) is 0 Å². The number of alkyl halides is 3. The Morgan fingerprint density at radius 1 is 1.56 bits per heavy atom. The van der Waals surface area contributed by atoms with Crippen molar-refractivity contribution >= 4 is 0 Å². The highest BCUT2D eigenvalue weighted by molar-refractivity contribution is 5.15. The molecule has 90 valence electrons. The molecule has 1 N–H and O–H groups in total. The normalized spacial score (nSPS) is 13.8. The van der Waals surface area contributed by atoms with E-state index in [0.29, 0.717) is 13.0 Å². The number of aliphatic hydroxyl groups is 1. The highest BCUT2D eigenvalue weighted by Gasteiger charge is 2.39. The van der Waals surface area contributed by atoms with E-state index in [4.69, 9.17) is 5.11 Å². The van der Waals surface area contributed by atoms with Crippen LogP contribution >= 0.6 is 0 Å². The molecule has 0 saturated heterocycles. The van der Waals surface area contributed by atoms with Crippen LogP contribution in [0.5, 0.6) is 0 Å². The van der Waals surface area contributed by atoms with Gasteiger partial charge in [-0.3, -0.25) is 0 Å². The van der Waals surface area contributed by atoms with Crippen molar-refractivity contribution in [2.45, 2.75) is 32.2 Å². The predicted octanol–water partition coefficient (Wildman–Crippen LogP) is 3.05. The average molecular weight is 233 g/mol. The van der Waals surface area contributed by atoms with Crippen molar-refractivity contribution in [3.63, 3.8) is 0 Å². The molecule has 1 rings (SSSR count). The lowest BCUT2D eigenvalue weighted by Crippen LogP contribution is -2.19. The summed E-state index contributed by atoms with van der Waals surface area (Å²) in [5.41, 5.74) is 0.834. The number of halogens is 3. The van der Waals surface area contributed by atoms with E-state index >= 15 is 0 Å². The quantitative estimate of drug-likeness (QED) is 0.794. The van der Waals surface area contributed by atoms with Gasteiger partial charge in [0.1, 0.15) is 0 Å². The summed E-state index contributed by atoms with van der Waals surface area (Å²) in [7, 11) is 0. The maximum Gasteiger partial charge on any atom is 0.418 e. The molecule has 0 radical (unpaired) electrons. The van der Waals surface area contributed by atoms with Crippen LogP contribution < -0.4 is 0 Å². The molecule has 0 aliphatic rings. The van der Waals surface area contributed by atoms with Crippen molar-refractivity contribution < 1.29 is 18.3 Å². The zero-order valence-corrected chi connectivity index (χ0v) is 8.96. The molecular formula is C11H14F3NO. The van der Waals surface area contributed by atoms with Crippen LogP contribution in [0.1, 0.15) is 25.0 Å². The van der Waals surface area contributed by atoms with Gasteiger partial charge < -0.3 is 9.67 Å². The van der Waals surface area contributed by atoms with Crippen LogP contribution in [-0.2, 0) is 6.54 Å². The Morgan fingerprint density at radius 3 is 2.69 bits per heavy atom. The van der Waals surface area contributed by atoms with Crippen molar-refractivity contribution in [3.05, 3.63) is 36.2 Å². The fourth-order valence-electron chi connectivity index (χ4n) is 1.27. The van der Waals surface area contributed by atoms with Crippen LogP contribution in [0.3, 0.4) is 0 Å². The van der Waals surface area contributed by atoms with Gasteiger partial charge in [0.25, 0.3) is 0 Å². The third kappa shape index (κ3) is 3.41.